The number of halogens is 1. The fourth-order valence-corrected chi connectivity index (χ4v) is 2.49. The molecule has 0 spiro atoms. The predicted octanol–water partition coefficient (Wildman–Crippen LogP) is 1.61. The van der Waals surface area contributed by atoms with Crippen molar-refractivity contribution in [2.45, 2.75) is 32.9 Å². The maximum absolute atomic E-state index is 11.7. The Morgan fingerprint density at radius 3 is 2.68 bits per heavy atom. The van der Waals surface area contributed by atoms with E-state index in [4.69, 9.17) is 4.74 Å². The van der Waals surface area contributed by atoms with Crippen molar-refractivity contribution in [2.75, 3.05) is 13.7 Å². The van der Waals surface area contributed by atoms with Crippen LogP contribution < -0.4 is 15.4 Å². The summed E-state index contributed by atoms with van der Waals surface area (Å²) < 4.78 is 6.14. The Morgan fingerprint density at radius 2 is 2.16 bits per heavy atom. The van der Waals surface area contributed by atoms with Gasteiger partial charge in [0.25, 0.3) is 5.91 Å². The zero-order valence-corrected chi connectivity index (χ0v) is 13.5. The molecule has 0 fully saturated rings. The highest BCUT2D eigenvalue weighted by molar-refractivity contribution is 9.10. The summed E-state index contributed by atoms with van der Waals surface area (Å²) in [6.45, 7) is 6.60. The van der Waals surface area contributed by atoms with Gasteiger partial charge in [-0.25, -0.2) is 0 Å². The Kier molecular flexibility index (Phi) is 6.31. The number of carbonyl (C=O) groups excluding carboxylic acids is 1. The van der Waals surface area contributed by atoms with Gasteiger partial charge in [-0.2, -0.15) is 0 Å². The molecule has 19 heavy (non-hydrogen) atoms. The lowest BCUT2D eigenvalue weighted by atomic mass is 10.1. The molecule has 0 unspecified atom stereocenters. The summed E-state index contributed by atoms with van der Waals surface area (Å²) in [5, 5.41) is 4.89. The number of likely N-dealkylation sites (N-methyl/N-ethyl adjacent to an activating group) is 1. The minimum atomic E-state index is -0.101. The van der Waals surface area contributed by atoms with Crippen LogP contribution in [0.2, 0.25) is 0 Å². The molecule has 2 atom stereocenters. The maximum atomic E-state index is 11.7. The quantitative estimate of drug-likeness (QED) is 0.833. The number of nitrogens with two attached hydrogens (primary N) is 1. The highest BCUT2D eigenvalue weighted by Crippen LogP contribution is 2.27. The van der Waals surface area contributed by atoms with Crippen LogP contribution in [0, 0.1) is 0 Å². The highest BCUT2D eigenvalue weighted by atomic mass is 79.9. The van der Waals surface area contributed by atoms with Crippen molar-refractivity contribution in [3.8, 4) is 5.75 Å². The molecule has 1 aromatic rings. The Bertz CT molecular complexity index is 437. The molecule has 0 radical (unpaired) electrons. The first-order chi connectivity index (χ1) is 8.99. The largest absolute Gasteiger partial charge is 0.496 e. The second kappa shape index (κ2) is 7.50. The Hall–Kier alpha value is -1.07. The van der Waals surface area contributed by atoms with Gasteiger partial charge in [-0.3, -0.25) is 4.79 Å². The number of quaternary nitrogens is 1. The number of rotatable bonds is 6. The average Bonchev–Trinajstić information content (AvgIpc) is 2.38. The third-order valence-corrected chi connectivity index (χ3v) is 3.66. The molecule has 0 saturated heterocycles. The third-order valence-electron chi connectivity index (χ3n) is 3.04. The summed E-state index contributed by atoms with van der Waals surface area (Å²) in [5.74, 6) is 0.884. The highest BCUT2D eigenvalue weighted by Gasteiger charge is 2.20. The molecule has 0 saturated carbocycles. The molecule has 1 aromatic carbocycles. The molecule has 1 amide bonds. The Morgan fingerprint density at radius 1 is 1.47 bits per heavy atom. The number of nitrogens with one attached hydrogen (secondary N) is 1. The fourth-order valence-electron chi connectivity index (χ4n) is 1.93. The number of hydrogen-bond donors (Lipinski definition) is 2. The van der Waals surface area contributed by atoms with Crippen LogP contribution in [0.15, 0.2) is 22.7 Å². The van der Waals surface area contributed by atoms with E-state index >= 15 is 0 Å². The average molecular weight is 330 g/mol. The minimum Gasteiger partial charge on any atom is -0.496 e. The zero-order valence-electron chi connectivity index (χ0n) is 11.9. The summed E-state index contributed by atoms with van der Waals surface area (Å²) in [6, 6.07) is 6.09. The van der Waals surface area contributed by atoms with Crippen LogP contribution in [0.3, 0.4) is 0 Å². The number of hydrogen-bond acceptors (Lipinski definition) is 2. The van der Waals surface area contributed by atoms with Gasteiger partial charge in [-0.15, -0.1) is 0 Å². The van der Waals surface area contributed by atoms with Crippen molar-refractivity contribution in [3.63, 3.8) is 0 Å². The van der Waals surface area contributed by atoms with Crippen molar-refractivity contribution in [3.05, 3.63) is 28.2 Å². The van der Waals surface area contributed by atoms with E-state index in [1.165, 1.54) is 0 Å². The molecule has 1 rings (SSSR count). The lowest BCUT2D eigenvalue weighted by molar-refractivity contribution is -0.710. The fraction of sp³-hybridized carbons (Fsp3) is 0.500. The predicted molar refractivity (Wildman–Crippen MR) is 79.2 cm³/mol. The van der Waals surface area contributed by atoms with E-state index < -0.39 is 0 Å². The second-order valence-electron chi connectivity index (χ2n) is 4.56. The molecule has 5 heteroatoms. The molecular weight excluding hydrogens is 308 g/mol. The Labute approximate surface area is 123 Å². The van der Waals surface area contributed by atoms with Gasteiger partial charge < -0.3 is 15.4 Å². The monoisotopic (exact) mass is 329 g/mol. The van der Waals surface area contributed by atoms with Gasteiger partial charge in [-0.1, -0.05) is 0 Å². The molecule has 4 nitrogen and oxygen atoms in total. The van der Waals surface area contributed by atoms with Crippen molar-refractivity contribution in [1.82, 2.24) is 5.32 Å². The zero-order chi connectivity index (χ0) is 14.4. The van der Waals surface area contributed by atoms with E-state index in [0.717, 1.165) is 15.8 Å². The molecule has 0 aliphatic carbocycles. The topological polar surface area (TPSA) is 54.9 Å². The van der Waals surface area contributed by atoms with E-state index in [9.17, 15) is 4.79 Å². The van der Waals surface area contributed by atoms with Gasteiger partial charge in [0.2, 0.25) is 0 Å². The summed E-state index contributed by atoms with van der Waals surface area (Å²) in [4.78, 5) is 11.7. The minimum absolute atomic E-state index is 0.0712. The summed E-state index contributed by atoms with van der Waals surface area (Å²) >= 11 is 3.48. The van der Waals surface area contributed by atoms with Gasteiger partial charge >= 0.3 is 0 Å². The SMILES string of the molecule is CCNC(=O)[C@H](C)[NH2+][C@H](C)c1ccc(OC)c(Br)c1. The summed E-state index contributed by atoms with van der Waals surface area (Å²) in [6.07, 6.45) is 0. The normalized spacial score (nSPS) is 13.7. The second-order valence-corrected chi connectivity index (χ2v) is 5.41. The summed E-state index contributed by atoms with van der Waals surface area (Å²) in [7, 11) is 1.65. The first-order valence-corrected chi connectivity index (χ1v) is 7.25. The van der Waals surface area contributed by atoms with E-state index in [1.807, 2.05) is 32.0 Å². The van der Waals surface area contributed by atoms with Crippen molar-refractivity contribution in [1.29, 1.82) is 0 Å². The maximum Gasteiger partial charge on any atom is 0.277 e. The van der Waals surface area contributed by atoms with Crippen molar-refractivity contribution < 1.29 is 14.8 Å². The van der Waals surface area contributed by atoms with Crippen LogP contribution in [0.25, 0.3) is 0 Å². The van der Waals surface area contributed by atoms with Crippen LogP contribution in [0.5, 0.6) is 5.75 Å². The molecular formula is C14H22BrN2O2+. The number of amides is 1. The molecule has 0 bridgehead atoms. The van der Waals surface area contributed by atoms with E-state index in [2.05, 4.69) is 33.5 Å². The first-order valence-electron chi connectivity index (χ1n) is 6.45. The molecule has 106 valence electrons. The van der Waals surface area contributed by atoms with Gasteiger partial charge in [0.05, 0.1) is 11.6 Å². The van der Waals surface area contributed by atoms with Gasteiger partial charge in [0, 0.05) is 12.1 Å². The lowest BCUT2D eigenvalue weighted by Crippen LogP contribution is -2.92. The number of methoxy groups -OCH3 is 1. The molecule has 0 aromatic heterocycles. The molecule has 0 aliphatic heterocycles. The van der Waals surface area contributed by atoms with E-state index in [0.29, 0.717) is 6.54 Å². The molecule has 0 aliphatic rings. The van der Waals surface area contributed by atoms with Gasteiger partial charge in [0.15, 0.2) is 6.04 Å². The first kappa shape index (κ1) is 16.0. The number of ether oxygens (including phenoxy) is 1. The molecule has 3 N–H and O–H groups in total. The lowest BCUT2D eigenvalue weighted by Gasteiger charge is -2.17. The van der Waals surface area contributed by atoms with Crippen molar-refractivity contribution in [2.24, 2.45) is 0 Å². The van der Waals surface area contributed by atoms with E-state index in [-0.39, 0.29) is 18.0 Å². The van der Waals surface area contributed by atoms with Crippen LogP contribution in [0.1, 0.15) is 32.4 Å². The van der Waals surface area contributed by atoms with Crippen LogP contribution in [-0.4, -0.2) is 25.6 Å². The summed E-state index contributed by atoms with van der Waals surface area (Å²) in [5.41, 5.74) is 1.16. The van der Waals surface area contributed by atoms with Gasteiger partial charge in [0.1, 0.15) is 11.8 Å². The third kappa shape index (κ3) is 4.51. The van der Waals surface area contributed by atoms with E-state index in [1.54, 1.807) is 7.11 Å². The number of benzene rings is 1. The van der Waals surface area contributed by atoms with Crippen molar-refractivity contribution >= 4 is 21.8 Å². The standard InChI is InChI=1S/C14H21BrN2O2/c1-5-16-14(18)10(3)17-9(2)11-6-7-13(19-4)12(15)8-11/h6-10,17H,5H2,1-4H3,(H,16,18)/p+1/t9-,10+/m1/s1. The van der Waals surface area contributed by atoms with Crippen LogP contribution in [0.4, 0.5) is 0 Å². The van der Waals surface area contributed by atoms with Gasteiger partial charge in [-0.05, 0) is 54.9 Å². The van der Waals surface area contributed by atoms with Crippen LogP contribution >= 0.6 is 15.9 Å². The Balaban J connectivity index is 2.70. The van der Waals surface area contributed by atoms with Crippen LogP contribution in [-0.2, 0) is 4.79 Å². The molecule has 0 heterocycles. The smallest absolute Gasteiger partial charge is 0.277 e. The number of carbonyl (C=O) groups is 1.